The Kier molecular flexibility index (Phi) is 5.15. The summed E-state index contributed by atoms with van der Waals surface area (Å²) in [5.74, 6) is 0.758. The third-order valence-corrected chi connectivity index (χ3v) is 2.36. The van der Waals surface area contributed by atoms with Gasteiger partial charge in [0.05, 0.1) is 5.69 Å². The quantitative estimate of drug-likeness (QED) is 0.808. The second kappa shape index (κ2) is 6.40. The van der Waals surface area contributed by atoms with Gasteiger partial charge in [-0.3, -0.25) is 0 Å². The van der Waals surface area contributed by atoms with Crippen LogP contribution < -0.4 is 5.32 Å². The molecule has 0 bridgehead atoms. The number of aryl methyl sites for hydroxylation is 2. The molecule has 0 aliphatic heterocycles. The number of anilines is 1. The third-order valence-electron chi connectivity index (χ3n) is 2.36. The maximum atomic E-state index is 13.6. The van der Waals surface area contributed by atoms with Gasteiger partial charge in [-0.05, 0) is 19.8 Å². The molecule has 1 aromatic rings. The standard InChI is InChI=1S/C12H20FN3/c1-4-6-7-10-15-9(3)11(13)12(16-10)14-8-5-2/h4-8H2,1-3H3,(H,14,15,16). The van der Waals surface area contributed by atoms with Crippen LogP contribution in [0, 0.1) is 12.7 Å². The van der Waals surface area contributed by atoms with E-state index in [1.165, 1.54) is 0 Å². The minimum Gasteiger partial charge on any atom is -0.368 e. The predicted octanol–water partition coefficient (Wildman–Crippen LogP) is 3.09. The highest BCUT2D eigenvalue weighted by atomic mass is 19.1. The smallest absolute Gasteiger partial charge is 0.186 e. The maximum absolute atomic E-state index is 13.6. The molecule has 0 unspecified atom stereocenters. The van der Waals surface area contributed by atoms with E-state index in [9.17, 15) is 4.39 Å². The molecule has 1 N–H and O–H groups in total. The van der Waals surface area contributed by atoms with Gasteiger partial charge in [-0.2, -0.15) is 0 Å². The van der Waals surface area contributed by atoms with Crippen LogP contribution in [-0.4, -0.2) is 16.5 Å². The minimum atomic E-state index is -0.325. The first kappa shape index (κ1) is 12.9. The Morgan fingerprint density at radius 2 is 1.94 bits per heavy atom. The summed E-state index contributed by atoms with van der Waals surface area (Å²) >= 11 is 0. The normalized spacial score (nSPS) is 10.5. The van der Waals surface area contributed by atoms with Gasteiger partial charge in [-0.15, -0.1) is 0 Å². The maximum Gasteiger partial charge on any atom is 0.186 e. The molecular weight excluding hydrogens is 205 g/mol. The Morgan fingerprint density at radius 1 is 1.19 bits per heavy atom. The average Bonchev–Trinajstić information content (AvgIpc) is 2.28. The number of hydrogen-bond acceptors (Lipinski definition) is 3. The van der Waals surface area contributed by atoms with Crippen LogP contribution in [0.15, 0.2) is 0 Å². The van der Waals surface area contributed by atoms with Crippen LogP contribution >= 0.6 is 0 Å². The minimum absolute atomic E-state index is 0.325. The summed E-state index contributed by atoms with van der Waals surface area (Å²) in [6.07, 6.45) is 3.90. The lowest BCUT2D eigenvalue weighted by atomic mass is 10.2. The van der Waals surface area contributed by atoms with Gasteiger partial charge in [0.15, 0.2) is 11.6 Å². The SMILES string of the molecule is CCCCc1nc(C)c(F)c(NCCC)n1. The third kappa shape index (κ3) is 3.43. The molecule has 0 spiro atoms. The molecule has 0 amide bonds. The molecule has 0 atom stereocenters. The van der Waals surface area contributed by atoms with Crippen LogP contribution in [0.3, 0.4) is 0 Å². The van der Waals surface area contributed by atoms with E-state index in [-0.39, 0.29) is 5.82 Å². The van der Waals surface area contributed by atoms with E-state index in [0.717, 1.165) is 38.1 Å². The van der Waals surface area contributed by atoms with Crippen LogP contribution in [0.1, 0.15) is 44.6 Å². The van der Waals surface area contributed by atoms with Crippen molar-refractivity contribution >= 4 is 5.82 Å². The van der Waals surface area contributed by atoms with Gasteiger partial charge >= 0.3 is 0 Å². The van der Waals surface area contributed by atoms with Crippen LogP contribution in [0.4, 0.5) is 10.2 Å². The first-order valence-electron chi connectivity index (χ1n) is 5.95. The molecule has 16 heavy (non-hydrogen) atoms. The van der Waals surface area contributed by atoms with Gasteiger partial charge in [0, 0.05) is 13.0 Å². The van der Waals surface area contributed by atoms with Crippen molar-refractivity contribution in [2.75, 3.05) is 11.9 Å². The Labute approximate surface area is 96.5 Å². The van der Waals surface area contributed by atoms with E-state index >= 15 is 0 Å². The number of hydrogen-bond donors (Lipinski definition) is 1. The van der Waals surface area contributed by atoms with Crippen molar-refractivity contribution in [1.29, 1.82) is 0 Å². The topological polar surface area (TPSA) is 37.8 Å². The molecule has 0 aromatic carbocycles. The van der Waals surface area contributed by atoms with Gasteiger partial charge in [0.1, 0.15) is 5.82 Å². The van der Waals surface area contributed by atoms with E-state index in [1.54, 1.807) is 6.92 Å². The van der Waals surface area contributed by atoms with Crippen molar-refractivity contribution < 1.29 is 4.39 Å². The number of nitrogens with one attached hydrogen (secondary N) is 1. The zero-order valence-corrected chi connectivity index (χ0v) is 10.3. The lowest BCUT2D eigenvalue weighted by Crippen LogP contribution is -2.09. The monoisotopic (exact) mass is 225 g/mol. The van der Waals surface area contributed by atoms with Gasteiger partial charge in [0.2, 0.25) is 0 Å². The van der Waals surface area contributed by atoms with Gasteiger partial charge in [-0.1, -0.05) is 20.3 Å². The van der Waals surface area contributed by atoms with Crippen LogP contribution in [0.5, 0.6) is 0 Å². The first-order chi connectivity index (χ1) is 7.69. The van der Waals surface area contributed by atoms with Gasteiger partial charge in [-0.25, -0.2) is 14.4 Å². The number of halogens is 1. The first-order valence-corrected chi connectivity index (χ1v) is 5.95. The fraction of sp³-hybridized carbons (Fsp3) is 0.667. The van der Waals surface area contributed by atoms with Crippen molar-refractivity contribution in [3.63, 3.8) is 0 Å². The zero-order valence-electron chi connectivity index (χ0n) is 10.3. The molecule has 1 aromatic heterocycles. The van der Waals surface area contributed by atoms with E-state index in [0.29, 0.717) is 11.5 Å². The highest BCUT2D eigenvalue weighted by Gasteiger charge is 2.10. The average molecular weight is 225 g/mol. The fourth-order valence-electron chi connectivity index (χ4n) is 1.42. The van der Waals surface area contributed by atoms with E-state index in [2.05, 4.69) is 22.2 Å². The molecule has 0 aliphatic carbocycles. The van der Waals surface area contributed by atoms with Crippen LogP contribution in [0.2, 0.25) is 0 Å². The number of aromatic nitrogens is 2. The molecule has 4 heteroatoms. The van der Waals surface area contributed by atoms with E-state index in [1.807, 2.05) is 6.92 Å². The molecule has 90 valence electrons. The lowest BCUT2D eigenvalue weighted by Gasteiger charge is -2.09. The Morgan fingerprint density at radius 3 is 2.56 bits per heavy atom. The second-order valence-electron chi connectivity index (χ2n) is 3.92. The van der Waals surface area contributed by atoms with Crippen molar-refractivity contribution in [3.8, 4) is 0 Å². The summed E-state index contributed by atoms with van der Waals surface area (Å²) in [7, 11) is 0. The summed E-state index contributed by atoms with van der Waals surface area (Å²) in [6, 6.07) is 0. The summed E-state index contributed by atoms with van der Waals surface area (Å²) in [5.41, 5.74) is 0.430. The largest absolute Gasteiger partial charge is 0.368 e. The van der Waals surface area contributed by atoms with E-state index in [4.69, 9.17) is 0 Å². The Bertz CT molecular complexity index is 339. The van der Waals surface area contributed by atoms with Gasteiger partial charge < -0.3 is 5.32 Å². The van der Waals surface area contributed by atoms with Crippen LogP contribution in [0.25, 0.3) is 0 Å². The highest BCUT2D eigenvalue weighted by molar-refractivity contribution is 5.38. The Hall–Kier alpha value is -1.19. The second-order valence-corrected chi connectivity index (χ2v) is 3.92. The summed E-state index contributed by atoms with van der Waals surface area (Å²) < 4.78 is 13.6. The molecule has 0 fully saturated rings. The lowest BCUT2D eigenvalue weighted by molar-refractivity contribution is 0.596. The Balaban J connectivity index is 2.83. The molecule has 1 heterocycles. The number of rotatable bonds is 6. The van der Waals surface area contributed by atoms with Crippen molar-refractivity contribution in [2.45, 2.75) is 46.5 Å². The molecule has 0 saturated carbocycles. The summed E-state index contributed by atoms with van der Waals surface area (Å²) in [5, 5.41) is 2.99. The number of unbranched alkanes of at least 4 members (excludes halogenated alkanes) is 1. The fourth-order valence-corrected chi connectivity index (χ4v) is 1.42. The summed E-state index contributed by atoms with van der Waals surface area (Å²) in [6.45, 7) is 6.58. The summed E-state index contributed by atoms with van der Waals surface area (Å²) in [4.78, 5) is 8.36. The van der Waals surface area contributed by atoms with Crippen molar-refractivity contribution in [1.82, 2.24) is 9.97 Å². The van der Waals surface area contributed by atoms with Gasteiger partial charge in [0.25, 0.3) is 0 Å². The van der Waals surface area contributed by atoms with Crippen molar-refractivity contribution in [2.24, 2.45) is 0 Å². The molecule has 0 radical (unpaired) electrons. The van der Waals surface area contributed by atoms with Crippen molar-refractivity contribution in [3.05, 3.63) is 17.3 Å². The predicted molar refractivity (Wildman–Crippen MR) is 64.1 cm³/mol. The molecule has 3 nitrogen and oxygen atoms in total. The zero-order chi connectivity index (χ0) is 12.0. The highest BCUT2D eigenvalue weighted by Crippen LogP contribution is 2.14. The molecular formula is C12H20FN3. The van der Waals surface area contributed by atoms with E-state index < -0.39 is 0 Å². The molecule has 1 rings (SSSR count). The molecule has 0 saturated heterocycles. The van der Waals surface area contributed by atoms with Crippen LogP contribution in [-0.2, 0) is 6.42 Å². The number of nitrogens with zero attached hydrogens (tertiary/aromatic N) is 2. The molecule has 0 aliphatic rings.